The van der Waals surface area contributed by atoms with E-state index >= 15 is 0 Å². The smallest absolute Gasteiger partial charge is 0.231 e. The van der Waals surface area contributed by atoms with E-state index < -0.39 is 0 Å². The Hall–Kier alpha value is -2.96. The molecule has 37 heavy (non-hydrogen) atoms. The largest absolute Gasteiger partial charge is 0.454 e. The van der Waals surface area contributed by atoms with E-state index in [4.69, 9.17) is 19.4 Å². The van der Waals surface area contributed by atoms with Gasteiger partial charge in [0.1, 0.15) is 12.2 Å². The first-order chi connectivity index (χ1) is 18.0. The van der Waals surface area contributed by atoms with Crippen molar-refractivity contribution in [3.8, 4) is 11.5 Å². The number of nitrogens with two attached hydrogens (primary N) is 1. The van der Waals surface area contributed by atoms with Crippen LogP contribution in [-0.2, 0) is 11.3 Å². The van der Waals surface area contributed by atoms with Crippen molar-refractivity contribution in [2.75, 3.05) is 38.9 Å². The maximum absolute atomic E-state index is 8.73. The molecule has 0 unspecified atom stereocenters. The van der Waals surface area contributed by atoms with Crippen molar-refractivity contribution < 1.29 is 19.4 Å². The van der Waals surface area contributed by atoms with Crippen LogP contribution in [0.4, 0.5) is 5.82 Å². The van der Waals surface area contributed by atoms with Gasteiger partial charge in [0.05, 0.1) is 0 Å². The lowest BCUT2D eigenvalue weighted by atomic mass is 10.1. The number of aryl methyl sites for hydroxylation is 2. The summed E-state index contributed by atoms with van der Waals surface area (Å²) < 4.78 is 13.6. The van der Waals surface area contributed by atoms with E-state index in [1.54, 1.807) is 6.33 Å². The van der Waals surface area contributed by atoms with E-state index in [-0.39, 0.29) is 6.41 Å². The molecule has 0 spiro atoms. The van der Waals surface area contributed by atoms with E-state index in [1.165, 1.54) is 19.3 Å². The number of fused-ring (bicyclic) bond motifs is 2. The van der Waals surface area contributed by atoms with Crippen LogP contribution < -0.4 is 25.8 Å². The Morgan fingerprint density at radius 1 is 1.11 bits per heavy atom. The Kier molecular flexibility index (Phi) is 13.7. The molecule has 3 aromatic rings. The van der Waals surface area contributed by atoms with Gasteiger partial charge in [-0.2, -0.15) is 0 Å². The number of hydrogen-bond donors (Lipinski definition) is 4. The number of imidazole rings is 1. The first-order valence-electron chi connectivity index (χ1n) is 12.3. The minimum atomic E-state index is 0.250. The number of halogens is 1. The average Bonchev–Trinajstić information content (AvgIpc) is 3.47. The molecule has 1 aromatic carbocycles. The number of primary amides is 1. The second kappa shape index (κ2) is 16.7. The second-order valence-corrected chi connectivity index (χ2v) is 9.14. The van der Waals surface area contributed by atoms with Crippen LogP contribution in [0.5, 0.6) is 11.5 Å². The highest BCUT2D eigenvalue weighted by molar-refractivity contribution is 9.10. The summed E-state index contributed by atoms with van der Waals surface area (Å²) in [6.07, 6.45) is 7.49. The first kappa shape index (κ1) is 30.3. The molecular weight excluding hydrogens is 542 g/mol. The van der Waals surface area contributed by atoms with Crippen molar-refractivity contribution in [2.24, 2.45) is 5.73 Å². The number of ether oxygens (including phenoxy) is 2. The molecule has 5 N–H and O–H groups in total. The zero-order valence-corrected chi connectivity index (χ0v) is 23.4. The third-order valence-corrected chi connectivity index (χ3v) is 6.49. The Morgan fingerprint density at radius 3 is 2.49 bits per heavy atom. The summed E-state index contributed by atoms with van der Waals surface area (Å²) >= 11 is 3.41. The molecule has 1 aliphatic heterocycles. The molecule has 1 aliphatic rings. The van der Waals surface area contributed by atoms with Crippen molar-refractivity contribution in [1.82, 2.24) is 24.8 Å². The Balaban J connectivity index is 0.000000283. The molecule has 1 amide bonds. The minimum Gasteiger partial charge on any atom is -0.454 e. The number of rotatable bonds is 11. The molecule has 0 saturated heterocycles. The highest BCUT2D eigenvalue weighted by atomic mass is 79.9. The van der Waals surface area contributed by atoms with Crippen molar-refractivity contribution in [3.63, 3.8) is 0 Å². The number of nitrogens with zero attached hydrogens (tertiary/aromatic N) is 4. The number of hydrogen-bond acceptors (Lipinski definition) is 9. The molecule has 0 aliphatic carbocycles. The number of aliphatic hydroxyl groups excluding tert-OH is 1. The molecule has 12 heteroatoms. The van der Waals surface area contributed by atoms with E-state index in [1.807, 2.05) is 33.0 Å². The fourth-order valence-corrected chi connectivity index (χ4v) is 4.05. The van der Waals surface area contributed by atoms with Gasteiger partial charge in [-0.1, -0.05) is 35.2 Å². The van der Waals surface area contributed by atoms with Gasteiger partial charge in [0.25, 0.3) is 0 Å². The van der Waals surface area contributed by atoms with Crippen LogP contribution in [0.3, 0.4) is 0 Å². The Bertz CT molecular complexity index is 1080. The molecule has 0 atom stereocenters. The second-order valence-electron chi connectivity index (χ2n) is 8.29. The molecule has 2 aromatic heterocycles. The molecule has 0 fully saturated rings. The normalized spacial score (nSPS) is 11.4. The van der Waals surface area contributed by atoms with Crippen LogP contribution >= 0.6 is 15.9 Å². The van der Waals surface area contributed by atoms with Crippen LogP contribution in [-0.4, -0.2) is 64.6 Å². The molecule has 204 valence electrons. The maximum Gasteiger partial charge on any atom is 0.231 e. The number of anilines is 1. The summed E-state index contributed by atoms with van der Waals surface area (Å²) in [5.41, 5.74) is 7.04. The Labute approximate surface area is 226 Å². The van der Waals surface area contributed by atoms with E-state index in [0.29, 0.717) is 13.4 Å². The summed E-state index contributed by atoms with van der Waals surface area (Å²) in [4.78, 5) is 21.7. The Morgan fingerprint density at radius 2 is 1.78 bits per heavy atom. The van der Waals surface area contributed by atoms with Gasteiger partial charge in [-0.05, 0) is 50.9 Å². The number of benzene rings is 1. The molecular formula is C25H38BrN7O4. The quantitative estimate of drug-likeness (QED) is 0.198. The number of aliphatic hydroxyl groups is 1. The molecule has 0 bridgehead atoms. The first-order valence-corrected chi connectivity index (χ1v) is 13.1. The molecule has 3 heterocycles. The summed E-state index contributed by atoms with van der Waals surface area (Å²) in [7, 11) is 1.85. The zero-order chi connectivity index (χ0) is 27.0. The number of aromatic nitrogens is 4. The van der Waals surface area contributed by atoms with E-state index in [9.17, 15) is 0 Å². The molecule has 0 saturated carbocycles. The van der Waals surface area contributed by atoms with Crippen LogP contribution in [0, 0.1) is 13.8 Å². The van der Waals surface area contributed by atoms with E-state index in [0.717, 1.165) is 76.8 Å². The monoisotopic (exact) mass is 579 g/mol. The van der Waals surface area contributed by atoms with Gasteiger partial charge in [0.2, 0.25) is 13.2 Å². The molecule has 0 radical (unpaired) electrons. The average molecular weight is 581 g/mol. The van der Waals surface area contributed by atoms with E-state index in [2.05, 4.69) is 51.8 Å². The SMILES string of the molecule is CNc1ncnc2c1nc(C)n2CCNCCCCCCCO.Cc1cc2c(cc1Br)OCO2.NC=O. The van der Waals surface area contributed by atoms with Gasteiger partial charge in [0, 0.05) is 31.2 Å². The van der Waals surface area contributed by atoms with Crippen LogP contribution in [0.2, 0.25) is 0 Å². The van der Waals surface area contributed by atoms with Gasteiger partial charge in [-0.25, -0.2) is 15.0 Å². The van der Waals surface area contributed by atoms with Crippen LogP contribution in [0.1, 0.15) is 43.5 Å². The number of amides is 1. The van der Waals surface area contributed by atoms with Crippen LogP contribution in [0.15, 0.2) is 22.9 Å². The summed E-state index contributed by atoms with van der Waals surface area (Å²) in [5.74, 6) is 3.39. The molecule has 4 rings (SSSR count). The number of carbonyl (C=O) groups is 1. The fourth-order valence-electron chi connectivity index (χ4n) is 3.72. The predicted molar refractivity (Wildman–Crippen MR) is 148 cm³/mol. The predicted octanol–water partition coefficient (Wildman–Crippen LogP) is 3.30. The third kappa shape index (κ3) is 9.45. The van der Waals surface area contributed by atoms with Crippen molar-refractivity contribution in [2.45, 2.75) is 52.5 Å². The highest BCUT2D eigenvalue weighted by Crippen LogP contribution is 2.36. The topological polar surface area (TPSA) is 149 Å². The maximum atomic E-state index is 8.73. The summed E-state index contributed by atoms with van der Waals surface area (Å²) in [6, 6.07) is 3.89. The zero-order valence-electron chi connectivity index (χ0n) is 21.8. The van der Waals surface area contributed by atoms with Gasteiger partial charge >= 0.3 is 0 Å². The summed E-state index contributed by atoms with van der Waals surface area (Å²) in [5, 5.41) is 15.3. The van der Waals surface area contributed by atoms with Crippen LogP contribution in [0.25, 0.3) is 11.2 Å². The number of unbranched alkanes of at least 4 members (excludes halogenated alkanes) is 4. The van der Waals surface area contributed by atoms with Crippen molar-refractivity contribution in [3.05, 3.63) is 34.3 Å². The van der Waals surface area contributed by atoms with Crippen molar-refractivity contribution >= 4 is 39.3 Å². The lowest BCUT2D eigenvalue weighted by Gasteiger charge is -2.08. The standard InChI is InChI=1S/C16H28N6O.C8H7BrO2.CH3NO/c1-13-21-14-15(17-2)19-12-20-16(14)22(13)10-9-18-8-6-4-3-5-7-11-23;1-5-2-7-8(3-6(5)9)11-4-10-7;2-1-3/h12,18,23H,3-11H2,1-2H3,(H,17,19,20);2-3H,4H2,1H3;1H,(H2,2,3). The fraction of sp³-hybridized carbons (Fsp3) is 0.520. The number of nitrogens with one attached hydrogen (secondary N) is 2. The molecule has 11 nitrogen and oxygen atoms in total. The highest BCUT2D eigenvalue weighted by Gasteiger charge is 2.14. The van der Waals surface area contributed by atoms with Gasteiger partial charge in [0.15, 0.2) is 28.5 Å². The third-order valence-electron chi connectivity index (χ3n) is 5.64. The number of carbonyl (C=O) groups excluding carboxylic acids is 1. The lowest BCUT2D eigenvalue weighted by Crippen LogP contribution is -2.21. The summed E-state index contributed by atoms with van der Waals surface area (Å²) in [6.45, 7) is 7.46. The van der Waals surface area contributed by atoms with Gasteiger partial charge in [-0.3, -0.25) is 4.79 Å². The van der Waals surface area contributed by atoms with Gasteiger partial charge < -0.3 is 35.5 Å². The minimum absolute atomic E-state index is 0.250. The van der Waals surface area contributed by atoms with Crippen molar-refractivity contribution in [1.29, 1.82) is 0 Å². The lowest BCUT2D eigenvalue weighted by molar-refractivity contribution is -0.106. The van der Waals surface area contributed by atoms with Gasteiger partial charge in [-0.15, -0.1) is 0 Å².